The van der Waals surface area contributed by atoms with E-state index >= 15 is 0 Å². The van der Waals surface area contributed by atoms with Crippen molar-refractivity contribution in [1.82, 2.24) is 24.8 Å². The van der Waals surface area contributed by atoms with Crippen molar-refractivity contribution in [2.75, 3.05) is 57.8 Å². The Labute approximate surface area is 250 Å². The summed E-state index contributed by atoms with van der Waals surface area (Å²) < 4.78 is 5.40. The number of aromatic nitrogens is 2. The Kier molecular flexibility index (Phi) is 10.3. The quantitative estimate of drug-likeness (QED) is 0.304. The highest BCUT2D eigenvalue weighted by Gasteiger charge is 2.26. The Balaban J connectivity index is 1.24. The second-order valence-electron chi connectivity index (χ2n) is 10.2. The molecule has 1 amide bonds. The summed E-state index contributed by atoms with van der Waals surface area (Å²) in [5.74, 6) is 0.812. The Hall–Kier alpha value is -4.06. The van der Waals surface area contributed by atoms with Gasteiger partial charge in [0, 0.05) is 49.4 Å². The summed E-state index contributed by atoms with van der Waals surface area (Å²) in [6, 6.07) is 0. The van der Waals surface area contributed by atoms with Gasteiger partial charge in [0.15, 0.2) is 0 Å². The molecule has 3 aliphatic heterocycles. The molecular formula is C31H38N8O2S. The average Bonchev–Trinajstić information content (AvgIpc) is 3.61. The molecule has 5 rings (SSSR count). The third-order valence-corrected chi connectivity index (χ3v) is 8.37. The van der Waals surface area contributed by atoms with Crippen LogP contribution in [0.2, 0.25) is 0 Å². The van der Waals surface area contributed by atoms with Crippen LogP contribution in [0, 0.1) is 0 Å². The maximum absolute atomic E-state index is 12.9. The molecule has 0 aromatic carbocycles. The number of thiophene rings is 1. The van der Waals surface area contributed by atoms with Crippen molar-refractivity contribution in [2.45, 2.75) is 19.4 Å². The van der Waals surface area contributed by atoms with E-state index in [0.717, 1.165) is 91.0 Å². The molecule has 0 saturated carbocycles. The number of fused-ring (bicyclic) bond motifs is 3. The third kappa shape index (κ3) is 7.61. The van der Waals surface area contributed by atoms with Gasteiger partial charge in [0.25, 0.3) is 0 Å². The molecule has 5 heterocycles. The minimum atomic E-state index is 0.0503. The zero-order valence-electron chi connectivity index (χ0n) is 23.8. The largest absolute Gasteiger partial charge is 0.405 e. The van der Waals surface area contributed by atoms with Gasteiger partial charge in [-0.2, -0.15) is 5.10 Å². The number of rotatable bonds is 11. The van der Waals surface area contributed by atoms with Gasteiger partial charge in [-0.15, -0.1) is 11.3 Å². The fraction of sp³-hybridized carbons (Fsp3) is 0.355. The predicted octanol–water partition coefficient (Wildman–Crippen LogP) is 3.59. The number of nitrogens with one attached hydrogen (secondary N) is 1. The van der Waals surface area contributed by atoms with E-state index in [0.29, 0.717) is 13.1 Å². The van der Waals surface area contributed by atoms with Gasteiger partial charge in [0.1, 0.15) is 17.0 Å². The van der Waals surface area contributed by atoms with Crippen LogP contribution in [0.15, 0.2) is 84.1 Å². The molecule has 0 spiro atoms. The highest BCUT2D eigenvalue weighted by Crippen LogP contribution is 2.37. The van der Waals surface area contributed by atoms with Crippen molar-refractivity contribution in [3.8, 4) is 0 Å². The molecule has 2 aromatic heterocycles. The SMILES string of the molecule is C=C/C=C(\C=C1\C=NN(CC/C=C\C=C/N)C1)Nc1ncnc2sc3c(c12)CCN(C(=O)/C=C/CN1CCOCC1)C3. The van der Waals surface area contributed by atoms with Crippen LogP contribution in [0.5, 0.6) is 0 Å². The van der Waals surface area contributed by atoms with Gasteiger partial charge < -0.3 is 20.7 Å². The van der Waals surface area contributed by atoms with Crippen molar-refractivity contribution in [2.24, 2.45) is 10.8 Å². The Bertz CT molecular complexity index is 1450. The first kappa shape index (κ1) is 29.4. The second kappa shape index (κ2) is 14.7. The van der Waals surface area contributed by atoms with E-state index in [1.165, 1.54) is 11.8 Å². The maximum Gasteiger partial charge on any atom is 0.246 e. The first-order chi connectivity index (χ1) is 20.6. The standard InChI is InChI=1S/C31H38N8O2S/c1-2-8-25(19-24-20-35-39(21-24)13-6-4-3-5-11-32)36-30-29-26-10-14-38(22-27(26)42-31(29)34-23-33-30)28(40)9-7-12-37-15-17-41-18-16-37/h2-5,7-9,11,19-20,23H,1,6,10,12-18,21-22,32H2,(H,33,34,36)/b4-3-,9-7+,11-5-,24-19-,25-8+. The van der Waals surface area contributed by atoms with Crippen LogP contribution in [0.25, 0.3) is 10.2 Å². The van der Waals surface area contributed by atoms with Crippen molar-refractivity contribution in [1.29, 1.82) is 0 Å². The summed E-state index contributed by atoms with van der Waals surface area (Å²) in [7, 11) is 0. The van der Waals surface area contributed by atoms with Gasteiger partial charge in [0.2, 0.25) is 5.91 Å². The van der Waals surface area contributed by atoms with Crippen LogP contribution >= 0.6 is 11.3 Å². The van der Waals surface area contributed by atoms with Gasteiger partial charge in [0.05, 0.1) is 37.9 Å². The van der Waals surface area contributed by atoms with Crippen LogP contribution in [0.4, 0.5) is 5.82 Å². The number of nitrogens with zero attached hydrogens (tertiary/aromatic N) is 6. The van der Waals surface area contributed by atoms with E-state index in [1.807, 2.05) is 40.4 Å². The first-order valence-corrected chi connectivity index (χ1v) is 15.1. The lowest BCUT2D eigenvalue weighted by atomic mass is 10.0. The molecule has 10 nitrogen and oxygen atoms in total. The number of ether oxygens (including phenoxy) is 1. The molecule has 1 saturated heterocycles. The highest BCUT2D eigenvalue weighted by atomic mass is 32.1. The summed E-state index contributed by atoms with van der Waals surface area (Å²) in [6.07, 6.45) is 21.9. The molecule has 3 aliphatic rings. The average molecular weight is 587 g/mol. The van der Waals surface area contributed by atoms with E-state index in [-0.39, 0.29) is 5.91 Å². The molecule has 3 N–H and O–H groups in total. The van der Waals surface area contributed by atoms with Crippen molar-refractivity contribution in [3.05, 3.63) is 89.4 Å². The fourth-order valence-electron chi connectivity index (χ4n) is 5.12. The number of allylic oxidation sites excluding steroid dienone is 5. The monoisotopic (exact) mass is 586 g/mol. The summed E-state index contributed by atoms with van der Waals surface area (Å²) in [6.45, 7) is 10.8. The normalized spacial score (nSPS) is 19.2. The molecule has 0 radical (unpaired) electrons. The molecule has 1 fully saturated rings. The summed E-state index contributed by atoms with van der Waals surface area (Å²) in [4.78, 5) is 28.4. The summed E-state index contributed by atoms with van der Waals surface area (Å²) in [5, 5.41) is 11.1. The molecule has 2 aromatic rings. The number of anilines is 1. The van der Waals surface area contributed by atoms with Crippen molar-refractivity contribution < 1.29 is 9.53 Å². The molecule has 0 unspecified atom stereocenters. The van der Waals surface area contributed by atoms with E-state index in [4.69, 9.17) is 10.5 Å². The predicted molar refractivity (Wildman–Crippen MR) is 170 cm³/mol. The number of hydrogen-bond acceptors (Lipinski definition) is 10. The first-order valence-electron chi connectivity index (χ1n) is 14.3. The van der Waals surface area contributed by atoms with Gasteiger partial charge in [-0.1, -0.05) is 30.9 Å². The van der Waals surface area contributed by atoms with E-state index < -0.39 is 0 Å². The van der Waals surface area contributed by atoms with Gasteiger partial charge in [-0.3, -0.25) is 14.7 Å². The van der Waals surface area contributed by atoms with E-state index in [1.54, 1.807) is 29.8 Å². The third-order valence-electron chi connectivity index (χ3n) is 7.24. The smallest absolute Gasteiger partial charge is 0.246 e. The van der Waals surface area contributed by atoms with Gasteiger partial charge in [-0.05, 0) is 48.4 Å². The van der Waals surface area contributed by atoms with E-state index in [2.05, 4.69) is 44.0 Å². The minimum absolute atomic E-state index is 0.0503. The minimum Gasteiger partial charge on any atom is -0.405 e. The number of hydrazone groups is 1. The summed E-state index contributed by atoms with van der Waals surface area (Å²) >= 11 is 1.64. The molecule has 11 heteroatoms. The van der Waals surface area contributed by atoms with Crippen LogP contribution in [0.1, 0.15) is 16.9 Å². The molecule has 42 heavy (non-hydrogen) atoms. The van der Waals surface area contributed by atoms with Crippen LogP contribution in [-0.2, 0) is 22.5 Å². The Morgan fingerprint density at radius 1 is 1.17 bits per heavy atom. The number of carbonyl (C=O) groups is 1. The Morgan fingerprint density at radius 3 is 2.88 bits per heavy atom. The molecule has 0 aliphatic carbocycles. The zero-order chi connectivity index (χ0) is 29.1. The fourth-order valence-corrected chi connectivity index (χ4v) is 6.33. The number of carbonyl (C=O) groups excluding carboxylic acids is 1. The van der Waals surface area contributed by atoms with Crippen molar-refractivity contribution >= 4 is 39.5 Å². The lowest BCUT2D eigenvalue weighted by Crippen LogP contribution is -2.37. The second-order valence-corrected chi connectivity index (χ2v) is 11.3. The van der Waals surface area contributed by atoms with Crippen LogP contribution < -0.4 is 11.1 Å². The lowest BCUT2D eigenvalue weighted by Gasteiger charge is -2.27. The number of hydrogen-bond donors (Lipinski definition) is 2. The molecule has 220 valence electrons. The maximum atomic E-state index is 12.9. The van der Waals surface area contributed by atoms with Crippen molar-refractivity contribution in [3.63, 3.8) is 0 Å². The van der Waals surface area contributed by atoms with Crippen LogP contribution in [-0.4, -0.2) is 89.4 Å². The van der Waals surface area contributed by atoms with Gasteiger partial charge in [-0.25, -0.2) is 9.97 Å². The molecule has 0 bridgehead atoms. The summed E-state index contributed by atoms with van der Waals surface area (Å²) in [5.41, 5.74) is 8.55. The molecule has 0 atom stereocenters. The number of morpholine rings is 1. The zero-order valence-corrected chi connectivity index (χ0v) is 24.6. The number of nitrogens with two attached hydrogens (primary N) is 1. The Morgan fingerprint density at radius 2 is 2.05 bits per heavy atom. The van der Waals surface area contributed by atoms with E-state index in [9.17, 15) is 4.79 Å². The topological polar surface area (TPSA) is 112 Å². The number of amides is 1. The lowest BCUT2D eigenvalue weighted by molar-refractivity contribution is -0.126. The van der Waals surface area contributed by atoms with Gasteiger partial charge >= 0.3 is 0 Å². The highest BCUT2D eigenvalue weighted by molar-refractivity contribution is 7.19. The van der Waals surface area contributed by atoms with Crippen LogP contribution in [0.3, 0.4) is 0 Å². The molecular weight excluding hydrogens is 548 g/mol.